The van der Waals surface area contributed by atoms with Gasteiger partial charge >= 0.3 is 0 Å². The third-order valence-corrected chi connectivity index (χ3v) is 5.21. The number of ether oxygens (including phenoxy) is 1. The number of thiazole rings is 1. The van der Waals surface area contributed by atoms with Crippen molar-refractivity contribution in [3.63, 3.8) is 0 Å². The van der Waals surface area contributed by atoms with E-state index in [1.165, 1.54) is 29.7 Å². The summed E-state index contributed by atoms with van der Waals surface area (Å²) in [5, 5.41) is 9.05. The number of hydrogen-bond donors (Lipinski definition) is 1. The van der Waals surface area contributed by atoms with Crippen LogP contribution in [0.1, 0.15) is 12.5 Å². The second kappa shape index (κ2) is 8.65. The van der Waals surface area contributed by atoms with Crippen LogP contribution in [0.2, 0.25) is 0 Å². The number of nitrogens with one attached hydrogen (secondary N) is 1. The Morgan fingerprint density at radius 3 is 2.94 bits per heavy atom. The first-order valence-corrected chi connectivity index (χ1v) is 10.2. The number of nitrogens with zero attached hydrogens (tertiary/aromatic N) is 3. The Labute approximate surface area is 180 Å². The molecule has 0 spiro atoms. The molecule has 6 nitrogen and oxygen atoms in total. The van der Waals surface area contributed by atoms with E-state index in [0.717, 1.165) is 17.2 Å². The first-order chi connectivity index (χ1) is 14.9. The molecule has 0 saturated carbocycles. The Bertz CT molecular complexity index is 1280. The zero-order valence-electron chi connectivity index (χ0n) is 16.6. The molecule has 1 N–H and O–H groups in total. The van der Waals surface area contributed by atoms with Crippen molar-refractivity contribution in [1.29, 1.82) is 0 Å². The largest absolute Gasteiger partial charge is 0.482 e. The highest BCUT2D eigenvalue weighted by atomic mass is 32.1. The normalized spacial score (nSPS) is 13.8. The lowest BCUT2D eigenvalue weighted by Crippen LogP contribution is -2.25. The van der Waals surface area contributed by atoms with Gasteiger partial charge in [0.05, 0.1) is 24.1 Å². The van der Waals surface area contributed by atoms with Gasteiger partial charge in [0.15, 0.2) is 6.61 Å². The summed E-state index contributed by atoms with van der Waals surface area (Å²) in [6.07, 6.45) is 1.31. The maximum absolute atomic E-state index is 14.1. The van der Waals surface area contributed by atoms with Crippen LogP contribution in [0.5, 0.6) is 5.75 Å². The molecule has 0 bridgehead atoms. The van der Waals surface area contributed by atoms with E-state index in [0.29, 0.717) is 28.5 Å². The minimum Gasteiger partial charge on any atom is -0.482 e. The molecule has 1 aliphatic heterocycles. The van der Waals surface area contributed by atoms with Gasteiger partial charge in [0.2, 0.25) is 4.80 Å². The summed E-state index contributed by atoms with van der Waals surface area (Å²) in [7, 11) is 0. The average Bonchev–Trinajstić information content (AvgIpc) is 3.13. The van der Waals surface area contributed by atoms with E-state index in [-0.39, 0.29) is 18.1 Å². The quantitative estimate of drug-likeness (QED) is 0.478. The summed E-state index contributed by atoms with van der Waals surface area (Å²) >= 11 is 1.36. The second-order valence-electron chi connectivity index (χ2n) is 6.95. The van der Waals surface area contributed by atoms with Crippen LogP contribution in [0, 0.1) is 11.6 Å². The predicted octanol–water partition coefficient (Wildman–Crippen LogP) is 4.18. The van der Waals surface area contributed by atoms with Crippen molar-refractivity contribution in [3.05, 3.63) is 75.9 Å². The molecule has 0 saturated heterocycles. The molecule has 0 unspecified atom stereocenters. The lowest BCUT2D eigenvalue weighted by molar-refractivity contribution is -0.118. The van der Waals surface area contributed by atoms with Crippen molar-refractivity contribution in [1.82, 2.24) is 4.68 Å². The molecule has 0 aliphatic carbocycles. The molecule has 2 aromatic carbocycles. The lowest BCUT2D eigenvalue weighted by Gasteiger charge is -2.18. The van der Waals surface area contributed by atoms with Crippen molar-refractivity contribution in [3.8, 4) is 17.0 Å². The number of fused-ring (bicyclic) bond motifs is 1. The smallest absolute Gasteiger partial charge is 0.262 e. The molecule has 3 aromatic rings. The van der Waals surface area contributed by atoms with Crippen LogP contribution in [-0.4, -0.2) is 29.9 Å². The SMILES string of the molecule is C=C(C)CN=c1scc(-c2ccc3c(c2)NC(=O)CO3)n1N=Cc1ccc(F)cc1F. The number of anilines is 1. The van der Waals surface area contributed by atoms with E-state index in [2.05, 4.69) is 22.0 Å². The number of rotatable bonds is 5. The van der Waals surface area contributed by atoms with Gasteiger partial charge in [-0.05, 0) is 37.3 Å². The molecular weight excluding hydrogens is 422 g/mol. The Hall–Kier alpha value is -3.59. The van der Waals surface area contributed by atoms with Crippen molar-refractivity contribution in [2.75, 3.05) is 18.5 Å². The number of halogens is 2. The van der Waals surface area contributed by atoms with Crippen LogP contribution in [-0.2, 0) is 4.79 Å². The third kappa shape index (κ3) is 4.61. The molecule has 1 aliphatic rings. The van der Waals surface area contributed by atoms with Crippen molar-refractivity contribution in [2.45, 2.75) is 6.92 Å². The van der Waals surface area contributed by atoms with Gasteiger partial charge in [-0.15, -0.1) is 11.3 Å². The highest BCUT2D eigenvalue weighted by Gasteiger charge is 2.18. The highest BCUT2D eigenvalue weighted by Crippen LogP contribution is 2.32. The zero-order valence-corrected chi connectivity index (χ0v) is 17.4. The van der Waals surface area contributed by atoms with E-state index in [9.17, 15) is 13.6 Å². The number of carbonyl (C=O) groups is 1. The van der Waals surface area contributed by atoms with Crippen LogP contribution in [0.25, 0.3) is 11.3 Å². The maximum atomic E-state index is 14.1. The summed E-state index contributed by atoms with van der Waals surface area (Å²) < 4.78 is 34.2. The fourth-order valence-corrected chi connectivity index (χ4v) is 3.73. The van der Waals surface area contributed by atoms with Gasteiger partial charge in [-0.3, -0.25) is 9.79 Å². The van der Waals surface area contributed by atoms with Crippen LogP contribution in [0.4, 0.5) is 14.5 Å². The van der Waals surface area contributed by atoms with E-state index < -0.39 is 11.6 Å². The topological polar surface area (TPSA) is 68.0 Å². The van der Waals surface area contributed by atoms with Crippen LogP contribution < -0.4 is 14.9 Å². The van der Waals surface area contributed by atoms with Gasteiger partial charge < -0.3 is 10.1 Å². The van der Waals surface area contributed by atoms with Gasteiger partial charge in [0, 0.05) is 22.6 Å². The summed E-state index contributed by atoms with van der Waals surface area (Å²) in [5.41, 5.74) is 3.02. The third-order valence-electron chi connectivity index (χ3n) is 4.35. The Morgan fingerprint density at radius 1 is 1.32 bits per heavy atom. The molecule has 9 heteroatoms. The molecule has 1 aromatic heterocycles. The van der Waals surface area contributed by atoms with Crippen molar-refractivity contribution in [2.24, 2.45) is 10.1 Å². The minimum absolute atomic E-state index is 0.0255. The zero-order chi connectivity index (χ0) is 22.0. The van der Waals surface area contributed by atoms with Crippen molar-refractivity contribution >= 4 is 29.1 Å². The molecule has 4 rings (SSSR count). The van der Waals surface area contributed by atoms with E-state index >= 15 is 0 Å². The Balaban J connectivity index is 1.79. The Morgan fingerprint density at radius 2 is 2.16 bits per heavy atom. The molecule has 2 heterocycles. The average molecular weight is 440 g/mol. The predicted molar refractivity (Wildman–Crippen MR) is 116 cm³/mol. The van der Waals surface area contributed by atoms with Crippen LogP contribution >= 0.6 is 11.3 Å². The summed E-state index contributed by atoms with van der Waals surface area (Å²) in [6, 6.07) is 8.67. The fourth-order valence-electron chi connectivity index (χ4n) is 2.89. The van der Waals surface area contributed by atoms with Gasteiger partial charge in [-0.2, -0.15) is 5.10 Å². The highest BCUT2D eigenvalue weighted by molar-refractivity contribution is 7.07. The molecular formula is C22H18F2N4O2S. The number of carbonyl (C=O) groups excluding carboxylic acids is 1. The fraction of sp³-hybridized carbons (Fsp3) is 0.136. The molecule has 0 fully saturated rings. The molecule has 31 heavy (non-hydrogen) atoms. The molecule has 0 radical (unpaired) electrons. The van der Waals surface area contributed by atoms with E-state index in [4.69, 9.17) is 4.74 Å². The molecule has 0 atom stereocenters. The van der Waals surface area contributed by atoms with Gasteiger partial charge in [0.1, 0.15) is 17.4 Å². The summed E-state index contributed by atoms with van der Waals surface area (Å²) in [6.45, 7) is 6.11. The van der Waals surface area contributed by atoms with Gasteiger partial charge in [-0.25, -0.2) is 13.5 Å². The maximum Gasteiger partial charge on any atom is 0.262 e. The van der Waals surface area contributed by atoms with Gasteiger partial charge in [-0.1, -0.05) is 12.2 Å². The lowest BCUT2D eigenvalue weighted by atomic mass is 10.1. The first kappa shape index (κ1) is 20.7. The number of hydrogen-bond acceptors (Lipinski definition) is 5. The second-order valence-corrected chi connectivity index (χ2v) is 7.78. The van der Waals surface area contributed by atoms with E-state index in [1.807, 2.05) is 18.4 Å². The Kier molecular flexibility index (Phi) is 5.77. The first-order valence-electron chi connectivity index (χ1n) is 9.32. The number of benzene rings is 2. The summed E-state index contributed by atoms with van der Waals surface area (Å²) in [5.74, 6) is -1.02. The summed E-state index contributed by atoms with van der Waals surface area (Å²) in [4.78, 5) is 16.8. The van der Waals surface area contributed by atoms with Gasteiger partial charge in [0.25, 0.3) is 5.91 Å². The monoisotopic (exact) mass is 440 g/mol. The number of aromatic nitrogens is 1. The van der Waals surface area contributed by atoms with Crippen LogP contribution in [0.15, 0.2) is 64.0 Å². The van der Waals surface area contributed by atoms with E-state index in [1.54, 1.807) is 16.8 Å². The van der Waals surface area contributed by atoms with Crippen LogP contribution in [0.3, 0.4) is 0 Å². The standard InChI is InChI=1S/C22H18F2N4O2S/c1-13(2)9-25-22-28(26-10-15-3-5-16(23)8-17(15)24)19(12-31-22)14-4-6-20-18(7-14)27-21(29)11-30-20/h3-8,10,12H,1,9,11H2,2H3,(H,27,29). The molecule has 1 amide bonds. The minimum atomic E-state index is -0.713. The molecule has 158 valence electrons. The van der Waals surface area contributed by atoms with Crippen molar-refractivity contribution < 1.29 is 18.3 Å². The number of amides is 1.